The maximum atomic E-state index is 6.24. The highest BCUT2D eigenvalue weighted by Crippen LogP contribution is 2.45. The van der Waals surface area contributed by atoms with Gasteiger partial charge in [0.2, 0.25) is 0 Å². The largest absolute Gasteiger partial charge is 0.324 e. The molecule has 1 aliphatic heterocycles. The molecule has 0 radical (unpaired) electrons. The van der Waals surface area contributed by atoms with Crippen LogP contribution in [0.1, 0.15) is 38.8 Å². The second-order valence-electron chi connectivity index (χ2n) is 5.68. The van der Waals surface area contributed by atoms with Gasteiger partial charge in [-0.2, -0.15) is 0 Å². The summed E-state index contributed by atoms with van der Waals surface area (Å²) >= 11 is 6.24. The van der Waals surface area contributed by atoms with E-state index in [1.807, 2.05) is 13.8 Å². The van der Waals surface area contributed by atoms with Crippen molar-refractivity contribution in [2.75, 3.05) is 11.4 Å². The number of hydrogen-bond acceptors (Lipinski definition) is 3. The van der Waals surface area contributed by atoms with Gasteiger partial charge in [0, 0.05) is 17.6 Å². The third-order valence-electron chi connectivity index (χ3n) is 3.63. The number of aromatic nitrogens is 2. The van der Waals surface area contributed by atoms with Gasteiger partial charge in [0.05, 0.1) is 6.20 Å². The summed E-state index contributed by atoms with van der Waals surface area (Å²) in [6.45, 7) is 11.5. The van der Waals surface area contributed by atoms with Crippen LogP contribution < -0.4 is 4.90 Å². The predicted molar refractivity (Wildman–Crippen MR) is 89.6 cm³/mol. The molecule has 112 valence electrons. The Morgan fingerprint density at radius 3 is 2.62 bits per heavy atom. The normalized spacial score (nSPS) is 15.2. The van der Waals surface area contributed by atoms with Gasteiger partial charge in [0.1, 0.15) is 11.3 Å². The first-order valence-corrected chi connectivity index (χ1v) is 7.71. The number of rotatable bonds is 1. The van der Waals surface area contributed by atoms with Crippen LogP contribution >= 0.6 is 11.6 Å². The Kier molecular flexibility index (Phi) is 4.52. The van der Waals surface area contributed by atoms with Crippen molar-refractivity contribution in [2.24, 2.45) is 0 Å². The Morgan fingerprint density at radius 2 is 1.95 bits per heavy atom. The van der Waals surface area contributed by atoms with Crippen LogP contribution in [-0.4, -0.2) is 16.5 Å². The van der Waals surface area contributed by atoms with E-state index >= 15 is 0 Å². The van der Waals surface area contributed by atoms with Gasteiger partial charge in [-0.05, 0) is 24.1 Å². The van der Waals surface area contributed by atoms with E-state index in [0.717, 1.165) is 12.4 Å². The van der Waals surface area contributed by atoms with Gasteiger partial charge in [-0.15, -0.1) is 0 Å². The lowest BCUT2D eigenvalue weighted by Gasteiger charge is -2.22. The molecule has 2 heterocycles. The molecule has 1 aromatic heterocycles. The van der Waals surface area contributed by atoms with E-state index in [0.29, 0.717) is 5.02 Å². The molecule has 4 heteroatoms. The van der Waals surface area contributed by atoms with Crippen LogP contribution in [0.15, 0.2) is 30.7 Å². The van der Waals surface area contributed by atoms with Crippen molar-refractivity contribution in [1.29, 1.82) is 0 Å². The van der Waals surface area contributed by atoms with E-state index in [-0.39, 0.29) is 5.41 Å². The number of halogens is 1. The third-order valence-corrected chi connectivity index (χ3v) is 3.90. The number of benzene rings is 1. The molecule has 3 rings (SSSR count). The minimum Gasteiger partial charge on any atom is -0.324 e. The third kappa shape index (κ3) is 2.88. The number of anilines is 2. The van der Waals surface area contributed by atoms with E-state index in [9.17, 15) is 0 Å². The molecule has 0 spiro atoms. The molecule has 0 atom stereocenters. The highest BCUT2D eigenvalue weighted by molar-refractivity contribution is 6.33. The lowest BCUT2D eigenvalue weighted by atomic mass is 9.87. The van der Waals surface area contributed by atoms with Crippen molar-refractivity contribution in [1.82, 2.24) is 9.97 Å². The molecule has 0 aliphatic carbocycles. The zero-order valence-corrected chi connectivity index (χ0v) is 14.1. The zero-order valence-electron chi connectivity index (χ0n) is 13.3. The molecule has 1 aliphatic rings. The van der Waals surface area contributed by atoms with Crippen molar-refractivity contribution in [3.05, 3.63) is 46.9 Å². The molecular formula is C17H22ClN3. The smallest absolute Gasteiger partial charge is 0.155 e. The van der Waals surface area contributed by atoms with Crippen LogP contribution in [0, 0.1) is 6.92 Å². The molecule has 21 heavy (non-hydrogen) atoms. The molecular weight excluding hydrogens is 282 g/mol. The maximum Gasteiger partial charge on any atom is 0.155 e. The molecule has 2 aromatic rings. The van der Waals surface area contributed by atoms with E-state index in [2.05, 4.69) is 53.8 Å². The second kappa shape index (κ2) is 6.02. The lowest BCUT2D eigenvalue weighted by molar-refractivity contribution is 0.567. The fraction of sp³-hybridized carbons (Fsp3) is 0.412. The summed E-state index contributed by atoms with van der Waals surface area (Å²) < 4.78 is 0. The van der Waals surface area contributed by atoms with Crippen LogP contribution in [0.25, 0.3) is 0 Å². The van der Waals surface area contributed by atoms with Crippen LogP contribution in [-0.2, 0) is 5.41 Å². The number of hydrogen-bond donors (Lipinski definition) is 0. The summed E-state index contributed by atoms with van der Waals surface area (Å²) in [5.41, 5.74) is 3.88. The lowest BCUT2D eigenvalue weighted by Crippen LogP contribution is -2.25. The molecule has 0 saturated carbocycles. The molecule has 3 nitrogen and oxygen atoms in total. The SMILES string of the molecule is CC.Cc1ccc2c(c1)N(c1ncncc1Cl)CC2(C)C. The number of fused-ring (bicyclic) bond motifs is 1. The molecule has 0 unspecified atom stereocenters. The van der Waals surface area contributed by atoms with Gasteiger partial charge in [0.15, 0.2) is 5.82 Å². The van der Waals surface area contributed by atoms with Gasteiger partial charge in [-0.25, -0.2) is 9.97 Å². The summed E-state index contributed by atoms with van der Waals surface area (Å²) in [5, 5.41) is 0.590. The maximum absolute atomic E-state index is 6.24. The molecule has 1 aromatic carbocycles. The Bertz CT molecular complexity index is 638. The molecule has 0 fully saturated rings. The highest BCUT2D eigenvalue weighted by Gasteiger charge is 2.36. The fourth-order valence-electron chi connectivity index (χ4n) is 2.70. The summed E-state index contributed by atoms with van der Waals surface area (Å²) in [5.74, 6) is 0.786. The molecule has 0 bridgehead atoms. The number of aryl methyl sites for hydroxylation is 1. The van der Waals surface area contributed by atoms with Crippen molar-refractivity contribution in [3.63, 3.8) is 0 Å². The standard InChI is InChI=1S/C15H16ClN3.C2H6/c1-10-4-5-11-13(6-10)19(8-15(11,2)3)14-12(16)7-17-9-18-14;1-2/h4-7,9H,8H2,1-3H3;1-2H3. The molecule has 0 saturated heterocycles. The molecule has 0 amide bonds. The van der Waals surface area contributed by atoms with Crippen molar-refractivity contribution in [2.45, 2.75) is 40.0 Å². The Balaban J connectivity index is 0.000000774. The van der Waals surface area contributed by atoms with Crippen molar-refractivity contribution in [3.8, 4) is 0 Å². The summed E-state index contributed by atoms with van der Waals surface area (Å²) in [6.07, 6.45) is 3.19. The minimum atomic E-state index is 0.0946. The monoisotopic (exact) mass is 303 g/mol. The van der Waals surface area contributed by atoms with Gasteiger partial charge in [0.25, 0.3) is 0 Å². The van der Waals surface area contributed by atoms with Crippen molar-refractivity contribution >= 4 is 23.1 Å². The number of nitrogens with zero attached hydrogens (tertiary/aromatic N) is 3. The predicted octanol–water partition coefficient (Wildman–Crippen LogP) is 4.89. The van der Waals surface area contributed by atoms with Crippen LogP contribution in [0.3, 0.4) is 0 Å². The first-order valence-electron chi connectivity index (χ1n) is 7.33. The quantitative estimate of drug-likeness (QED) is 0.750. The van der Waals surface area contributed by atoms with Crippen LogP contribution in [0.2, 0.25) is 5.02 Å². The fourth-order valence-corrected chi connectivity index (χ4v) is 2.90. The summed E-state index contributed by atoms with van der Waals surface area (Å²) in [4.78, 5) is 10.5. The Labute approximate surface area is 132 Å². The van der Waals surface area contributed by atoms with Crippen molar-refractivity contribution < 1.29 is 0 Å². The first-order chi connectivity index (χ1) is 9.99. The van der Waals surface area contributed by atoms with E-state index in [4.69, 9.17) is 11.6 Å². The van der Waals surface area contributed by atoms with Gasteiger partial charge in [-0.1, -0.05) is 51.4 Å². The van der Waals surface area contributed by atoms with Gasteiger partial charge >= 0.3 is 0 Å². The van der Waals surface area contributed by atoms with Crippen LogP contribution in [0.5, 0.6) is 0 Å². The van der Waals surface area contributed by atoms with E-state index in [1.54, 1.807) is 12.5 Å². The van der Waals surface area contributed by atoms with E-state index in [1.165, 1.54) is 16.8 Å². The average molecular weight is 304 g/mol. The van der Waals surface area contributed by atoms with Crippen LogP contribution in [0.4, 0.5) is 11.5 Å². The average Bonchev–Trinajstić information content (AvgIpc) is 2.73. The second-order valence-corrected chi connectivity index (χ2v) is 6.09. The Hall–Kier alpha value is -1.61. The summed E-state index contributed by atoms with van der Waals surface area (Å²) in [7, 11) is 0. The topological polar surface area (TPSA) is 29.0 Å². The van der Waals surface area contributed by atoms with Gasteiger partial charge < -0.3 is 4.90 Å². The zero-order chi connectivity index (χ0) is 15.6. The van der Waals surface area contributed by atoms with Gasteiger partial charge in [-0.3, -0.25) is 0 Å². The Morgan fingerprint density at radius 1 is 1.24 bits per heavy atom. The highest BCUT2D eigenvalue weighted by atomic mass is 35.5. The first kappa shape index (κ1) is 15.8. The minimum absolute atomic E-state index is 0.0946. The van der Waals surface area contributed by atoms with E-state index < -0.39 is 0 Å². The summed E-state index contributed by atoms with van der Waals surface area (Å²) in [6, 6.07) is 6.56. The molecule has 0 N–H and O–H groups in total.